The highest BCUT2D eigenvalue weighted by Gasteiger charge is 2.17. The quantitative estimate of drug-likeness (QED) is 0.946. The third kappa shape index (κ3) is 3.17. The van der Waals surface area contributed by atoms with Crippen LogP contribution < -0.4 is 5.73 Å². The van der Waals surface area contributed by atoms with E-state index in [0.717, 1.165) is 10.0 Å². The number of halogens is 1. The molecule has 2 N–H and O–H groups in total. The monoisotopic (exact) mass is 309 g/mol. The van der Waals surface area contributed by atoms with Crippen molar-refractivity contribution >= 4 is 15.9 Å². The topological polar surface area (TPSA) is 64.9 Å². The van der Waals surface area contributed by atoms with Crippen LogP contribution in [0.1, 0.15) is 25.3 Å². The Morgan fingerprint density at radius 1 is 1.39 bits per heavy atom. The zero-order valence-electron chi connectivity index (χ0n) is 10.7. The van der Waals surface area contributed by atoms with Gasteiger partial charge < -0.3 is 10.3 Å². The molecule has 0 spiro atoms. The van der Waals surface area contributed by atoms with E-state index in [0.29, 0.717) is 18.1 Å². The first-order valence-corrected chi connectivity index (χ1v) is 6.52. The van der Waals surface area contributed by atoms with Gasteiger partial charge in [0.05, 0.1) is 0 Å². The molecule has 0 aliphatic carbocycles. The molecule has 0 aliphatic heterocycles. The molecule has 0 bridgehead atoms. The lowest BCUT2D eigenvalue weighted by Gasteiger charge is -2.14. The molecule has 0 aliphatic rings. The summed E-state index contributed by atoms with van der Waals surface area (Å²) in [5, 5.41) is 3.98. The second-order valence-corrected chi connectivity index (χ2v) is 6.00. The van der Waals surface area contributed by atoms with Crippen LogP contribution in [0, 0.1) is 6.92 Å². The van der Waals surface area contributed by atoms with Gasteiger partial charge in [0.2, 0.25) is 11.7 Å². The van der Waals surface area contributed by atoms with Crippen molar-refractivity contribution in [2.24, 2.45) is 5.73 Å². The molecule has 2 rings (SSSR count). The van der Waals surface area contributed by atoms with E-state index >= 15 is 0 Å². The molecule has 0 fully saturated rings. The van der Waals surface area contributed by atoms with Crippen molar-refractivity contribution < 1.29 is 4.52 Å². The van der Waals surface area contributed by atoms with Crippen molar-refractivity contribution in [3.63, 3.8) is 0 Å². The first kappa shape index (κ1) is 13.2. The Morgan fingerprint density at radius 2 is 2.11 bits per heavy atom. The summed E-state index contributed by atoms with van der Waals surface area (Å²) in [7, 11) is 0. The summed E-state index contributed by atoms with van der Waals surface area (Å²) in [6.45, 7) is 5.89. The van der Waals surface area contributed by atoms with Gasteiger partial charge in [0.15, 0.2) is 0 Å². The highest BCUT2D eigenvalue weighted by molar-refractivity contribution is 9.10. The van der Waals surface area contributed by atoms with E-state index in [1.165, 1.54) is 5.56 Å². The lowest BCUT2D eigenvalue weighted by Crippen LogP contribution is -2.34. The summed E-state index contributed by atoms with van der Waals surface area (Å²) in [5.41, 5.74) is 7.67. The Bertz CT molecular complexity index is 558. The fraction of sp³-hybridized carbons (Fsp3) is 0.385. The van der Waals surface area contributed by atoms with Crippen LogP contribution >= 0.6 is 15.9 Å². The fourth-order valence-corrected chi connectivity index (χ4v) is 1.94. The van der Waals surface area contributed by atoms with Gasteiger partial charge in [-0.2, -0.15) is 4.98 Å². The number of rotatable bonds is 3. The molecule has 1 aromatic heterocycles. The molecule has 2 aromatic rings. The summed E-state index contributed by atoms with van der Waals surface area (Å²) >= 11 is 3.49. The van der Waals surface area contributed by atoms with Gasteiger partial charge in [-0.15, -0.1) is 0 Å². The van der Waals surface area contributed by atoms with Crippen molar-refractivity contribution in [1.82, 2.24) is 10.1 Å². The second kappa shape index (κ2) is 4.82. The number of aromatic nitrogens is 2. The maximum Gasteiger partial charge on any atom is 0.228 e. The number of aryl methyl sites for hydroxylation is 1. The van der Waals surface area contributed by atoms with E-state index in [-0.39, 0.29) is 5.54 Å². The molecule has 0 radical (unpaired) electrons. The normalized spacial score (nSPS) is 11.8. The van der Waals surface area contributed by atoms with E-state index < -0.39 is 0 Å². The first-order valence-electron chi connectivity index (χ1n) is 5.73. The molecule has 0 unspecified atom stereocenters. The predicted molar refractivity (Wildman–Crippen MR) is 74.1 cm³/mol. The summed E-state index contributed by atoms with van der Waals surface area (Å²) < 4.78 is 6.24. The van der Waals surface area contributed by atoms with Gasteiger partial charge in [-0.25, -0.2) is 0 Å². The SMILES string of the molecule is Cc1ccc(-c2noc(CC(C)(C)N)n2)cc1Br. The molecule has 18 heavy (non-hydrogen) atoms. The minimum absolute atomic E-state index is 0.350. The lowest BCUT2D eigenvalue weighted by atomic mass is 10.0. The number of nitrogens with two attached hydrogens (primary N) is 1. The zero-order valence-corrected chi connectivity index (χ0v) is 12.3. The molecular formula is C13H16BrN3O. The van der Waals surface area contributed by atoms with Crippen LogP contribution in [0.4, 0.5) is 0 Å². The van der Waals surface area contributed by atoms with Crippen LogP contribution in [-0.2, 0) is 6.42 Å². The molecule has 0 saturated carbocycles. The summed E-state index contributed by atoms with van der Waals surface area (Å²) in [6.07, 6.45) is 0.563. The Morgan fingerprint density at radius 3 is 2.72 bits per heavy atom. The van der Waals surface area contributed by atoms with Gasteiger partial charge in [-0.3, -0.25) is 0 Å². The molecule has 0 atom stereocenters. The minimum atomic E-state index is -0.350. The highest BCUT2D eigenvalue weighted by Crippen LogP contribution is 2.24. The van der Waals surface area contributed by atoms with Gasteiger partial charge in [0.1, 0.15) is 0 Å². The zero-order chi connectivity index (χ0) is 13.3. The standard InChI is InChI=1S/C13H16BrN3O/c1-8-4-5-9(6-10(8)14)12-16-11(18-17-12)7-13(2,3)15/h4-6H,7,15H2,1-3H3. The highest BCUT2D eigenvalue weighted by atomic mass is 79.9. The Hall–Kier alpha value is -1.20. The van der Waals surface area contributed by atoms with Crippen LogP contribution in [0.3, 0.4) is 0 Å². The maximum absolute atomic E-state index is 5.92. The predicted octanol–water partition coefficient (Wildman–Crippen LogP) is 3.09. The van der Waals surface area contributed by atoms with Gasteiger partial charge in [-0.1, -0.05) is 33.2 Å². The number of nitrogens with zero attached hydrogens (tertiary/aromatic N) is 2. The van der Waals surface area contributed by atoms with Gasteiger partial charge in [0.25, 0.3) is 0 Å². The lowest BCUT2D eigenvalue weighted by molar-refractivity contribution is 0.348. The molecular weight excluding hydrogens is 294 g/mol. The average Bonchev–Trinajstić information content (AvgIpc) is 2.68. The van der Waals surface area contributed by atoms with Crippen molar-refractivity contribution in [2.45, 2.75) is 32.7 Å². The van der Waals surface area contributed by atoms with E-state index in [1.54, 1.807) is 0 Å². The van der Waals surface area contributed by atoms with Crippen molar-refractivity contribution in [3.05, 3.63) is 34.1 Å². The van der Waals surface area contributed by atoms with Crippen molar-refractivity contribution in [2.75, 3.05) is 0 Å². The molecule has 5 heteroatoms. The Kier molecular flexibility index (Phi) is 3.54. The Balaban J connectivity index is 2.26. The maximum atomic E-state index is 5.92. The van der Waals surface area contributed by atoms with Crippen LogP contribution in [0.2, 0.25) is 0 Å². The second-order valence-electron chi connectivity index (χ2n) is 5.14. The molecule has 0 amide bonds. The smallest absolute Gasteiger partial charge is 0.228 e. The van der Waals surface area contributed by atoms with Crippen molar-refractivity contribution in [1.29, 1.82) is 0 Å². The molecule has 1 heterocycles. The van der Waals surface area contributed by atoms with Crippen LogP contribution in [-0.4, -0.2) is 15.7 Å². The molecule has 96 valence electrons. The largest absolute Gasteiger partial charge is 0.339 e. The molecule has 1 aromatic carbocycles. The number of benzene rings is 1. The third-order valence-electron chi connectivity index (χ3n) is 2.50. The van der Waals surface area contributed by atoms with Crippen LogP contribution in [0.5, 0.6) is 0 Å². The van der Waals surface area contributed by atoms with Gasteiger partial charge in [-0.05, 0) is 32.4 Å². The summed E-state index contributed by atoms with van der Waals surface area (Å²) in [6, 6.07) is 5.97. The van der Waals surface area contributed by atoms with Gasteiger partial charge in [0, 0.05) is 22.0 Å². The minimum Gasteiger partial charge on any atom is -0.339 e. The average molecular weight is 310 g/mol. The van der Waals surface area contributed by atoms with E-state index in [1.807, 2.05) is 39.0 Å². The van der Waals surface area contributed by atoms with Gasteiger partial charge >= 0.3 is 0 Å². The van der Waals surface area contributed by atoms with E-state index in [2.05, 4.69) is 26.1 Å². The Labute approximate surface area is 115 Å². The molecule has 0 saturated heterocycles. The van der Waals surface area contributed by atoms with E-state index in [9.17, 15) is 0 Å². The molecule has 4 nitrogen and oxygen atoms in total. The van der Waals surface area contributed by atoms with E-state index in [4.69, 9.17) is 10.3 Å². The number of hydrogen-bond donors (Lipinski definition) is 1. The third-order valence-corrected chi connectivity index (χ3v) is 3.36. The first-order chi connectivity index (χ1) is 8.35. The summed E-state index contributed by atoms with van der Waals surface area (Å²) in [4.78, 5) is 4.36. The van der Waals surface area contributed by atoms with Crippen molar-refractivity contribution in [3.8, 4) is 11.4 Å². The van der Waals surface area contributed by atoms with Crippen LogP contribution in [0.25, 0.3) is 11.4 Å². The summed E-state index contributed by atoms with van der Waals surface area (Å²) in [5.74, 6) is 1.16. The number of hydrogen-bond acceptors (Lipinski definition) is 4. The fourth-order valence-electron chi connectivity index (χ4n) is 1.57. The van der Waals surface area contributed by atoms with Crippen LogP contribution in [0.15, 0.2) is 27.2 Å².